The van der Waals surface area contributed by atoms with E-state index >= 15 is 0 Å². The fraction of sp³-hybridized carbons (Fsp3) is 0.591. The minimum absolute atomic E-state index is 0.215. The van der Waals surface area contributed by atoms with Crippen LogP contribution in [0.1, 0.15) is 54.4 Å². The van der Waals surface area contributed by atoms with Crippen molar-refractivity contribution < 1.29 is 9.53 Å². The Balaban J connectivity index is 1.40. The average Bonchev–Trinajstić information content (AvgIpc) is 3.54. The van der Waals surface area contributed by atoms with Crippen molar-refractivity contribution in [3.8, 4) is 0 Å². The first-order chi connectivity index (χ1) is 12.8. The highest BCUT2D eigenvalue weighted by atomic mass is 16.5. The lowest BCUT2D eigenvalue weighted by Gasteiger charge is -2.42. The third-order valence-corrected chi connectivity index (χ3v) is 6.17. The average molecular weight is 354 g/mol. The van der Waals surface area contributed by atoms with Gasteiger partial charge < -0.3 is 14.5 Å². The SMILES string of the molecule is C=Cc1ccc(C(=O)N(C2CC2)C2CCN(C3CCOCC3)CC2)cc1. The van der Waals surface area contributed by atoms with E-state index in [-0.39, 0.29) is 5.91 Å². The molecule has 2 aliphatic heterocycles. The summed E-state index contributed by atoms with van der Waals surface area (Å²) in [6.07, 6.45) is 8.66. The van der Waals surface area contributed by atoms with Gasteiger partial charge in [-0.1, -0.05) is 24.8 Å². The molecule has 1 aliphatic carbocycles. The Kier molecular flexibility index (Phi) is 5.41. The number of hydrogen-bond donors (Lipinski definition) is 0. The van der Waals surface area contributed by atoms with Crippen LogP contribution in [0.25, 0.3) is 6.08 Å². The van der Waals surface area contributed by atoms with Gasteiger partial charge >= 0.3 is 0 Å². The van der Waals surface area contributed by atoms with Crippen LogP contribution in [-0.4, -0.2) is 60.1 Å². The lowest BCUT2D eigenvalue weighted by molar-refractivity contribution is 0.0126. The van der Waals surface area contributed by atoms with Gasteiger partial charge in [0.15, 0.2) is 0 Å². The van der Waals surface area contributed by atoms with E-state index in [9.17, 15) is 4.79 Å². The van der Waals surface area contributed by atoms with Crippen molar-refractivity contribution >= 4 is 12.0 Å². The fourth-order valence-corrected chi connectivity index (χ4v) is 4.47. The molecule has 1 saturated carbocycles. The highest BCUT2D eigenvalue weighted by molar-refractivity contribution is 5.95. The zero-order valence-electron chi connectivity index (χ0n) is 15.6. The molecule has 0 bridgehead atoms. The van der Waals surface area contributed by atoms with E-state index in [1.54, 1.807) is 0 Å². The van der Waals surface area contributed by atoms with Crippen LogP contribution in [0.4, 0.5) is 0 Å². The largest absolute Gasteiger partial charge is 0.381 e. The van der Waals surface area contributed by atoms with E-state index in [2.05, 4.69) is 16.4 Å². The zero-order chi connectivity index (χ0) is 17.9. The van der Waals surface area contributed by atoms with Crippen LogP contribution in [0.3, 0.4) is 0 Å². The van der Waals surface area contributed by atoms with Gasteiger partial charge in [-0.3, -0.25) is 4.79 Å². The van der Waals surface area contributed by atoms with E-state index in [1.165, 1.54) is 0 Å². The number of ether oxygens (including phenoxy) is 1. The van der Waals surface area contributed by atoms with Gasteiger partial charge in [0.25, 0.3) is 5.91 Å². The van der Waals surface area contributed by atoms with Crippen molar-refractivity contribution in [2.45, 2.75) is 56.7 Å². The highest BCUT2D eigenvalue weighted by Crippen LogP contribution is 2.34. The molecule has 1 aromatic carbocycles. The van der Waals surface area contributed by atoms with Gasteiger partial charge in [-0.05, 0) is 56.2 Å². The first kappa shape index (κ1) is 17.7. The van der Waals surface area contributed by atoms with Crippen molar-refractivity contribution in [3.05, 3.63) is 42.0 Å². The second kappa shape index (κ2) is 7.93. The van der Waals surface area contributed by atoms with Crippen LogP contribution in [-0.2, 0) is 4.74 Å². The molecule has 0 spiro atoms. The molecule has 4 rings (SSSR count). The molecule has 0 radical (unpaired) electrons. The molecule has 0 atom stereocenters. The Labute approximate surface area is 156 Å². The quantitative estimate of drug-likeness (QED) is 0.810. The molecule has 2 heterocycles. The van der Waals surface area contributed by atoms with Crippen molar-refractivity contribution in [3.63, 3.8) is 0 Å². The van der Waals surface area contributed by atoms with Gasteiger partial charge in [0.1, 0.15) is 0 Å². The minimum atomic E-state index is 0.215. The normalized spacial score (nSPS) is 22.9. The molecule has 26 heavy (non-hydrogen) atoms. The molecule has 4 heteroatoms. The second-order valence-electron chi connectivity index (χ2n) is 7.88. The standard InChI is InChI=1S/C22H30N2O2/c1-2-17-3-5-18(6-4-17)22(25)24(20-7-8-20)21-9-13-23(14-10-21)19-11-15-26-16-12-19/h2-6,19-21H,1,7-16H2. The molecular weight excluding hydrogens is 324 g/mol. The maximum atomic E-state index is 13.2. The van der Waals surface area contributed by atoms with Crippen molar-refractivity contribution in [1.82, 2.24) is 9.80 Å². The molecule has 4 nitrogen and oxygen atoms in total. The lowest BCUT2D eigenvalue weighted by atomic mass is 9.97. The van der Waals surface area contributed by atoms with Crippen molar-refractivity contribution in [2.75, 3.05) is 26.3 Å². The summed E-state index contributed by atoms with van der Waals surface area (Å²) in [7, 11) is 0. The number of carbonyl (C=O) groups excluding carboxylic acids is 1. The van der Waals surface area contributed by atoms with E-state index < -0.39 is 0 Å². The monoisotopic (exact) mass is 354 g/mol. The summed E-state index contributed by atoms with van der Waals surface area (Å²) in [6, 6.07) is 9.41. The summed E-state index contributed by atoms with van der Waals surface area (Å²) < 4.78 is 5.50. The van der Waals surface area contributed by atoms with Gasteiger partial charge in [0.2, 0.25) is 0 Å². The van der Waals surface area contributed by atoms with Crippen LogP contribution in [0.2, 0.25) is 0 Å². The van der Waals surface area contributed by atoms with Crippen LogP contribution in [0.5, 0.6) is 0 Å². The Bertz CT molecular complexity index is 624. The topological polar surface area (TPSA) is 32.8 Å². The molecule has 1 amide bonds. The minimum Gasteiger partial charge on any atom is -0.381 e. The number of rotatable bonds is 5. The number of likely N-dealkylation sites (tertiary alicyclic amines) is 1. The maximum absolute atomic E-state index is 13.2. The number of amides is 1. The third-order valence-electron chi connectivity index (χ3n) is 6.17. The van der Waals surface area contributed by atoms with Gasteiger partial charge in [0, 0.05) is 50.0 Å². The van der Waals surface area contributed by atoms with E-state index in [4.69, 9.17) is 4.74 Å². The summed E-state index contributed by atoms with van der Waals surface area (Å²) in [5.41, 5.74) is 1.87. The van der Waals surface area contributed by atoms with E-state index in [0.29, 0.717) is 18.1 Å². The van der Waals surface area contributed by atoms with Crippen LogP contribution >= 0.6 is 0 Å². The number of piperidine rings is 1. The van der Waals surface area contributed by atoms with Crippen molar-refractivity contribution in [2.24, 2.45) is 0 Å². The zero-order valence-corrected chi connectivity index (χ0v) is 15.6. The number of benzene rings is 1. The highest BCUT2D eigenvalue weighted by Gasteiger charge is 2.39. The number of hydrogen-bond acceptors (Lipinski definition) is 3. The van der Waals surface area contributed by atoms with Gasteiger partial charge in [-0.2, -0.15) is 0 Å². The van der Waals surface area contributed by atoms with E-state index in [1.807, 2.05) is 30.3 Å². The first-order valence-electron chi connectivity index (χ1n) is 10.1. The third kappa shape index (κ3) is 3.86. The van der Waals surface area contributed by atoms with Gasteiger partial charge in [0.05, 0.1) is 0 Å². The molecule has 3 aliphatic rings. The summed E-state index contributed by atoms with van der Waals surface area (Å²) in [5, 5.41) is 0. The summed E-state index contributed by atoms with van der Waals surface area (Å²) in [5.74, 6) is 0.215. The summed E-state index contributed by atoms with van der Waals surface area (Å²) in [6.45, 7) is 7.82. The predicted octanol–water partition coefficient (Wildman–Crippen LogP) is 3.58. The number of nitrogens with zero attached hydrogens (tertiary/aromatic N) is 2. The Morgan fingerprint density at radius 1 is 1.00 bits per heavy atom. The molecule has 2 saturated heterocycles. The molecule has 0 unspecified atom stereocenters. The molecule has 140 valence electrons. The van der Waals surface area contributed by atoms with Crippen LogP contribution < -0.4 is 0 Å². The molecule has 3 fully saturated rings. The Morgan fingerprint density at radius 2 is 1.62 bits per heavy atom. The van der Waals surface area contributed by atoms with Gasteiger partial charge in [-0.15, -0.1) is 0 Å². The second-order valence-corrected chi connectivity index (χ2v) is 7.88. The Morgan fingerprint density at radius 3 is 2.19 bits per heavy atom. The van der Waals surface area contributed by atoms with Crippen LogP contribution in [0.15, 0.2) is 30.8 Å². The summed E-state index contributed by atoms with van der Waals surface area (Å²) >= 11 is 0. The fourth-order valence-electron chi connectivity index (χ4n) is 4.47. The first-order valence-corrected chi connectivity index (χ1v) is 10.1. The molecule has 1 aromatic rings. The maximum Gasteiger partial charge on any atom is 0.254 e. The molecular formula is C22H30N2O2. The lowest BCUT2D eigenvalue weighted by Crippen LogP contribution is -2.51. The molecule has 0 aromatic heterocycles. The smallest absolute Gasteiger partial charge is 0.254 e. The Hall–Kier alpha value is -1.65. The summed E-state index contributed by atoms with van der Waals surface area (Å²) in [4.78, 5) is 18.0. The van der Waals surface area contributed by atoms with Gasteiger partial charge in [-0.25, -0.2) is 0 Å². The van der Waals surface area contributed by atoms with E-state index in [0.717, 1.165) is 76.0 Å². The van der Waals surface area contributed by atoms with Crippen molar-refractivity contribution in [1.29, 1.82) is 0 Å². The molecule has 0 N–H and O–H groups in total. The predicted molar refractivity (Wildman–Crippen MR) is 104 cm³/mol. The number of carbonyl (C=O) groups is 1. The van der Waals surface area contributed by atoms with Crippen LogP contribution in [0, 0.1) is 0 Å².